The molecule has 0 aliphatic rings. The van der Waals surface area contributed by atoms with Crippen LogP contribution in [-0.4, -0.2) is 15.4 Å². The Labute approximate surface area is 141 Å². The van der Waals surface area contributed by atoms with Gasteiger partial charge in [-0.3, -0.25) is 19.5 Å². The third-order valence-electron chi connectivity index (χ3n) is 3.81. The zero-order chi connectivity index (χ0) is 18.0. The minimum atomic E-state index is -0.744. The number of non-ortho nitro benzene ring substituents is 1. The largest absolute Gasteiger partial charge is 0.420 e. The predicted octanol–water partition coefficient (Wildman–Crippen LogP) is 2.70. The first-order valence-corrected chi connectivity index (χ1v) is 7.64. The standard InChI is InChI=1S/C17H15N3O5/c1-2-11-3-5-12(6-4-11)18-16(21)10-19-14-8-7-13(20(23)24)9-15(14)25-17(19)22/h3-9H,2,10H2,1H3,(H,18,21). The first-order chi connectivity index (χ1) is 12.0. The fourth-order valence-corrected chi connectivity index (χ4v) is 2.49. The maximum absolute atomic E-state index is 12.2. The Morgan fingerprint density at radius 2 is 1.96 bits per heavy atom. The second-order valence-electron chi connectivity index (χ2n) is 5.46. The number of carbonyl (C=O) groups is 1. The molecular weight excluding hydrogens is 326 g/mol. The molecule has 0 atom stereocenters. The van der Waals surface area contributed by atoms with Crippen LogP contribution in [0.1, 0.15) is 12.5 Å². The number of hydrogen-bond donors (Lipinski definition) is 1. The fraction of sp³-hybridized carbons (Fsp3) is 0.176. The molecule has 3 rings (SSSR count). The molecule has 0 saturated heterocycles. The number of nitro groups is 1. The first-order valence-electron chi connectivity index (χ1n) is 7.64. The van der Waals surface area contributed by atoms with Gasteiger partial charge in [0.1, 0.15) is 6.54 Å². The Bertz CT molecular complexity index is 1000. The summed E-state index contributed by atoms with van der Waals surface area (Å²) in [6.07, 6.45) is 0.900. The van der Waals surface area contributed by atoms with Gasteiger partial charge in [0.2, 0.25) is 5.91 Å². The average Bonchev–Trinajstić information content (AvgIpc) is 2.90. The van der Waals surface area contributed by atoms with Crippen molar-refractivity contribution in [3.05, 3.63) is 68.7 Å². The van der Waals surface area contributed by atoms with Crippen molar-refractivity contribution in [2.75, 3.05) is 5.32 Å². The van der Waals surface area contributed by atoms with Gasteiger partial charge in [-0.1, -0.05) is 19.1 Å². The smallest absolute Gasteiger partial charge is 0.407 e. The second kappa shape index (κ2) is 6.60. The van der Waals surface area contributed by atoms with E-state index in [0.29, 0.717) is 11.2 Å². The van der Waals surface area contributed by atoms with Crippen LogP contribution in [0.2, 0.25) is 0 Å². The van der Waals surface area contributed by atoms with Crippen LogP contribution in [0.25, 0.3) is 11.1 Å². The lowest BCUT2D eigenvalue weighted by molar-refractivity contribution is -0.384. The Morgan fingerprint density at radius 1 is 1.24 bits per heavy atom. The number of benzene rings is 2. The van der Waals surface area contributed by atoms with E-state index < -0.39 is 16.6 Å². The van der Waals surface area contributed by atoms with Gasteiger partial charge in [0.25, 0.3) is 5.69 Å². The monoisotopic (exact) mass is 341 g/mol. The van der Waals surface area contributed by atoms with E-state index in [1.165, 1.54) is 12.1 Å². The number of anilines is 1. The molecule has 1 amide bonds. The van der Waals surface area contributed by atoms with E-state index in [0.717, 1.165) is 22.6 Å². The quantitative estimate of drug-likeness (QED) is 0.567. The van der Waals surface area contributed by atoms with Crippen LogP contribution in [0, 0.1) is 10.1 Å². The highest BCUT2D eigenvalue weighted by molar-refractivity contribution is 5.91. The average molecular weight is 341 g/mol. The molecule has 1 N–H and O–H groups in total. The van der Waals surface area contributed by atoms with E-state index in [9.17, 15) is 19.7 Å². The Kier molecular flexibility index (Phi) is 4.34. The van der Waals surface area contributed by atoms with Crippen LogP contribution in [0.4, 0.5) is 11.4 Å². The molecule has 0 unspecified atom stereocenters. The Hall–Kier alpha value is -3.42. The summed E-state index contributed by atoms with van der Waals surface area (Å²) in [6.45, 7) is 1.79. The number of carbonyl (C=O) groups excluding carboxylic acids is 1. The number of oxazole rings is 1. The maximum atomic E-state index is 12.2. The zero-order valence-corrected chi connectivity index (χ0v) is 13.4. The number of aryl methyl sites for hydroxylation is 1. The van der Waals surface area contributed by atoms with E-state index >= 15 is 0 Å². The molecule has 0 fully saturated rings. The molecule has 1 aromatic heterocycles. The van der Waals surface area contributed by atoms with Gasteiger partial charge in [-0.25, -0.2) is 4.79 Å². The van der Waals surface area contributed by atoms with Crippen molar-refractivity contribution in [1.82, 2.24) is 4.57 Å². The maximum Gasteiger partial charge on any atom is 0.420 e. The summed E-state index contributed by atoms with van der Waals surface area (Å²) in [5.74, 6) is -1.14. The molecule has 25 heavy (non-hydrogen) atoms. The molecule has 8 heteroatoms. The van der Waals surface area contributed by atoms with Gasteiger partial charge >= 0.3 is 5.76 Å². The van der Waals surface area contributed by atoms with Gasteiger partial charge in [-0.2, -0.15) is 0 Å². The van der Waals surface area contributed by atoms with Crippen molar-refractivity contribution in [3.63, 3.8) is 0 Å². The van der Waals surface area contributed by atoms with Crippen molar-refractivity contribution < 1.29 is 14.1 Å². The molecule has 2 aromatic carbocycles. The number of amides is 1. The minimum Gasteiger partial charge on any atom is -0.407 e. The van der Waals surface area contributed by atoms with Crippen molar-refractivity contribution in [3.8, 4) is 0 Å². The number of hydrogen-bond acceptors (Lipinski definition) is 5. The molecule has 0 aliphatic heterocycles. The molecular formula is C17H15N3O5. The Balaban J connectivity index is 1.81. The van der Waals surface area contributed by atoms with Crippen LogP contribution in [0.5, 0.6) is 0 Å². The topological polar surface area (TPSA) is 107 Å². The molecule has 1 heterocycles. The highest BCUT2D eigenvalue weighted by atomic mass is 16.6. The van der Waals surface area contributed by atoms with Gasteiger partial charge in [-0.15, -0.1) is 0 Å². The number of nitro benzene ring substituents is 1. The summed E-state index contributed by atoms with van der Waals surface area (Å²) in [7, 11) is 0. The predicted molar refractivity (Wildman–Crippen MR) is 91.6 cm³/mol. The number of rotatable bonds is 5. The number of nitrogens with zero attached hydrogens (tertiary/aromatic N) is 2. The van der Waals surface area contributed by atoms with E-state index in [4.69, 9.17) is 4.42 Å². The van der Waals surface area contributed by atoms with Gasteiger partial charge in [0.05, 0.1) is 16.5 Å². The lowest BCUT2D eigenvalue weighted by atomic mass is 10.1. The number of fused-ring (bicyclic) bond motifs is 1. The molecule has 0 radical (unpaired) electrons. The summed E-state index contributed by atoms with van der Waals surface area (Å²) in [4.78, 5) is 34.3. The van der Waals surface area contributed by atoms with Crippen molar-refractivity contribution >= 4 is 28.4 Å². The summed E-state index contributed by atoms with van der Waals surface area (Å²) < 4.78 is 6.13. The van der Waals surface area contributed by atoms with Gasteiger partial charge < -0.3 is 9.73 Å². The molecule has 0 spiro atoms. The van der Waals surface area contributed by atoms with E-state index in [2.05, 4.69) is 5.32 Å². The zero-order valence-electron chi connectivity index (χ0n) is 13.4. The van der Waals surface area contributed by atoms with Crippen LogP contribution < -0.4 is 11.1 Å². The SMILES string of the molecule is CCc1ccc(NC(=O)Cn2c(=O)oc3cc([N+](=O)[O-])ccc32)cc1. The highest BCUT2D eigenvalue weighted by Crippen LogP contribution is 2.20. The summed E-state index contributed by atoms with van der Waals surface area (Å²) in [5.41, 5.74) is 1.98. The second-order valence-corrected chi connectivity index (χ2v) is 5.46. The number of nitrogens with one attached hydrogen (secondary N) is 1. The van der Waals surface area contributed by atoms with Gasteiger partial charge in [0.15, 0.2) is 5.58 Å². The third kappa shape index (κ3) is 3.42. The third-order valence-corrected chi connectivity index (χ3v) is 3.81. The van der Waals surface area contributed by atoms with Crippen LogP contribution in [-0.2, 0) is 17.8 Å². The highest BCUT2D eigenvalue weighted by Gasteiger charge is 2.16. The van der Waals surface area contributed by atoms with Crippen LogP contribution >= 0.6 is 0 Å². The van der Waals surface area contributed by atoms with Crippen molar-refractivity contribution in [2.45, 2.75) is 19.9 Å². The van der Waals surface area contributed by atoms with Crippen LogP contribution in [0.3, 0.4) is 0 Å². The molecule has 8 nitrogen and oxygen atoms in total. The van der Waals surface area contributed by atoms with Crippen molar-refractivity contribution in [2.24, 2.45) is 0 Å². The van der Waals surface area contributed by atoms with E-state index in [1.807, 2.05) is 19.1 Å². The fourth-order valence-electron chi connectivity index (χ4n) is 2.49. The Morgan fingerprint density at radius 3 is 2.60 bits per heavy atom. The molecule has 0 bridgehead atoms. The molecule has 0 aliphatic carbocycles. The van der Waals surface area contributed by atoms with Crippen LogP contribution in [0.15, 0.2) is 51.7 Å². The normalized spacial score (nSPS) is 10.8. The molecule has 0 saturated carbocycles. The summed E-state index contributed by atoms with van der Waals surface area (Å²) in [6, 6.07) is 11.2. The van der Waals surface area contributed by atoms with Gasteiger partial charge in [-0.05, 0) is 30.2 Å². The minimum absolute atomic E-state index is 0.0688. The molecule has 3 aromatic rings. The van der Waals surface area contributed by atoms with E-state index in [1.54, 1.807) is 12.1 Å². The van der Waals surface area contributed by atoms with Crippen molar-refractivity contribution in [1.29, 1.82) is 0 Å². The first kappa shape index (κ1) is 16.4. The lowest BCUT2D eigenvalue weighted by Crippen LogP contribution is -2.24. The summed E-state index contributed by atoms with van der Waals surface area (Å²) in [5, 5.41) is 13.5. The number of aromatic nitrogens is 1. The van der Waals surface area contributed by atoms with E-state index in [-0.39, 0.29) is 17.8 Å². The van der Waals surface area contributed by atoms with Gasteiger partial charge in [0, 0.05) is 11.8 Å². The lowest BCUT2D eigenvalue weighted by Gasteiger charge is -2.06. The summed E-state index contributed by atoms with van der Waals surface area (Å²) >= 11 is 0. The molecule has 128 valence electrons.